The van der Waals surface area contributed by atoms with Crippen LogP contribution in [0.2, 0.25) is 0 Å². The summed E-state index contributed by atoms with van der Waals surface area (Å²) in [5.41, 5.74) is 2.01. The Morgan fingerprint density at radius 2 is 1.83 bits per heavy atom. The number of hydrogen-bond acceptors (Lipinski definition) is 6. The SMILES string of the molecule is CC(=O)Oc1ccc2c(c1)OC[C@H]1c3cc4c(cc3O[C@@H]21)OCO4. The lowest BCUT2D eigenvalue weighted by atomic mass is 9.89. The molecule has 0 aliphatic carbocycles. The van der Waals surface area contributed by atoms with Gasteiger partial charge in [0.25, 0.3) is 0 Å². The zero-order valence-corrected chi connectivity index (χ0v) is 12.9. The normalized spacial score (nSPS) is 21.9. The third-order valence-electron chi connectivity index (χ3n) is 4.50. The molecule has 6 nitrogen and oxygen atoms in total. The van der Waals surface area contributed by atoms with Crippen molar-refractivity contribution in [1.29, 1.82) is 0 Å². The van der Waals surface area contributed by atoms with Crippen LogP contribution in [0.1, 0.15) is 30.1 Å². The van der Waals surface area contributed by atoms with E-state index < -0.39 is 0 Å². The molecule has 5 rings (SSSR count). The van der Waals surface area contributed by atoms with Crippen molar-refractivity contribution in [2.75, 3.05) is 13.4 Å². The average Bonchev–Trinajstić information content (AvgIpc) is 3.15. The third kappa shape index (κ3) is 1.92. The van der Waals surface area contributed by atoms with Gasteiger partial charge in [-0.05, 0) is 18.2 Å². The maximum absolute atomic E-state index is 11.1. The van der Waals surface area contributed by atoms with Crippen molar-refractivity contribution in [1.82, 2.24) is 0 Å². The minimum Gasteiger partial charge on any atom is -0.492 e. The lowest BCUT2D eigenvalue weighted by Crippen LogP contribution is -2.23. The number of esters is 1. The van der Waals surface area contributed by atoms with Crippen molar-refractivity contribution >= 4 is 5.97 Å². The summed E-state index contributed by atoms with van der Waals surface area (Å²) in [6.07, 6.45) is -0.127. The van der Waals surface area contributed by atoms with Gasteiger partial charge in [0.2, 0.25) is 6.79 Å². The zero-order valence-electron chi connectivity index (χ0n) is 12.9. The summed E-state index contributed by atoms with van der Waals surface area (Å²) < 4.78 is 28.0. The molecule has 0 saturated heterocycles. The first-order chi connectivity index (χ1) is 11.7. The van der Waals surface area contributed by atoms with E-state index in [-0.39, 0.29) is 24.8 Å². The Labute approximate surface area is 137 Å². The molecule has 2 aromatic rings. The number of carbonyl (C=O) groups excluding carboxylic acids is 1. The first kappa shape index (κ1) is 13.5. The van der Waals surface area contributed by atoms with Crippen LogP contribution >= 0.6 is 0 Å². The summed E-state index contributed by atoms with van der Waals surface area (Å²) in [4.78, 5) is 11.1. The molecule has 0 spiro atoms. The van der Waals surface area contributed by atoms with E-state index in [0.29, 0.717) is 23.9 Å². The highest BCUT2D eigenvalue weighted by Gasteiger charge is 2.42. The van der Waals surface area contributed by atoms with Gasteiger partial charge in [-0.15, -0.1) is 0 Å². The van der Waals surface area contributed by atoms with Crippen molar-refractivity contribution in [3.05, 3.63) is 41.5 Å². The van der Waals surface area contributed by atoms with Gasteiger partial charge < -0.3 is 23.7 Å². The van der Waals surface area contributed by atoms with Crippen LogP contribution in [0.3, 0.4) is 0 Å². The standard InChI is InChI=1S/C18H14O6/c1-9(19)23-10-2-3-11-14(4-10)20-7-13-12-5-16-17(22-8-21-16)6-15(12)24-18(11)13/h2-6,13,18H,7-8H2,1H3/t13-,18-/m0/s1. The molecule has 0 fully saturated rings. The highest BCUT2D eigenvalue weighted by atomic mass is 16.7. The molecule has 24 heavy (non-hydrogen) atoms. The maximum atomic E-state index is 11.1. The Morgan fingerprint density at radius 3 is 2.67 bits per heavy atom. The Hall–Kier alpha value is -2.89. The second kappa shape index (κ2) is 4.80. The Bertz CT molecular complexity index is 859. The van der Waals surface area contributed by atoms with Crippen LogP contribution in [0.4, 0.5) is 0 Å². The van der Waals surface area contributed by atoms with Gasteiger partial charge in [0, 0.05) is 30.2 Å². The molecular formula is C18H14O6. The minimum absolute atomic E-state index is 0.0987. The Morgan fingerprint density at radius 1 is 1.00 bits per heavy atom. The van der Waals surface area contributed by atoms with Gasteiger partial charge in [-0.3, -0.25) is 4.79 Å². The van der Waals surface area contributed by atoms with Gasteiger partial charge in [-0.2, -0.15) is 0 Å². The molecule has 3 heterocycles. The van der Waals surface area contributed by atoms with Crippen molar-refractivity contribution in [3.63, 3.8) is 0 Å². The smallest absolute Gasteiger partial charge is 0.308 e. The van der Waals surface area contributed by atoms with E-state index in [9.17, 15) is 4.79 Å². The molecule has 3 aliphatic heterocycles. The van der Waals surface area contributed by atoms with Crippen LogP contribution in [-0.2, 0) is 4.79 Å². The lowest BCUT2D eigenvalue weighted by Gasteiger charge is -2.28. The van der Waals surface area contributed by atoms with E-state index in [4.69, 9.17) is 23.7 Å². The third-order valence-corrected chi connectivity index (χ3v) is 4.50. The van der Waals surface area contributed by atoms with Gasteiger partial charge in [0.15, 0.2) is 11.5 Å². The van der Waals surface area contributed by atoms with E-state index >= 15 is 0 Å². The van der Waals surface area contributed by atoms with Crippen LogP contribution < -0.4 is 23.7 Å². The van der Waals surface area contributed by atoms with E-state index in [1.54, 1.807) is 12.1 Å². The fourth-order valence-corrected chi connectivity index (χ4v) is 3.45. The van der Waals surface area contributed by atoms with E-state index in [1.807, 2.05) is 18.2 Å². The number of ether oxygens (including phenoxy) is 5. The van der Waals surface area contributed by atoms with E-state index in [0.717, 1.165) is 22.6 Å². The molecule has 0 radical (unpaired) electrons. The Balaban J connectivity index is 1.51. The summed E-state index contributed by atoms with van der Waals surface area (Å²) in [6.45, 7) is 2.11. The number of hydrogen-bond donors (Lipinski definition) is 0. The molecule has 0 bridgehead atoms. The predicted octanol–water partition coefficient (Wildman–Crippen LogP) is 2.95. The van der Waals surface area contributed by atoms with Crippen LogP contribution in [0.25, 0.3) is 0 Å². The van der Waals surface area contributed by atoms with Gasteiger partial charge in [0.1, 0.15) is 23.4 Å². The summed E-state index contributed by atoms with van der Waals surface area (Å²) in [5.74, 6) is 3.14. The summed E-state index contributed by atoms with van der Waals surface area (Å²) in [7, 11) is 0. The maximum Gasteiger partial charge on any atom is 0.308 e. The first-order valence-corrected chi connectivity index (χ1v) is 7.74. The molecule has 6 heteroatoms. The molecule has 0 saturated carbocycles. The fourth-order valence-electron chi connectivity index (χ4n) is 3.45. The predicted molar refractivity (Wildman–Crippen MR) is 81.9 cm³/mol. The minimum atomic E-state index is -0.359. The summed E-state index contributed by atoms with van der Waals surface area (Å²) in [6, 6.07) is 9.22. The first-order valence-electron chi connectivity index (χ1n) is 7.74. The summed E-state index contributed by atoms with van der Waals surface area (Å²) in [5, 5.41) is 0. The molecule has 0 aromatic heterocycles. The number of fused-ring (bicyclic) bond motifs is 6. The number of benzene rings is 2. The second-order valence-electron chi connectivity index (χ2n) is 5.99. The number of rotatable bonds is 1. The molecule has 0 N–H and O–H groups in total. The van der Waals surface area contributed by atoms with Crippen LogP contribution in [0, 0.1) is 0 Å². The zero-order chi connectivity index (χ0) is 16.3. The van der Waals surface area contributed by atoms with Gasteiger partial charge in [-0.1, -0.05) is 0 Å². The highest BCUT2D eigenvalue weighted by Crippen LogP contribution is 2.54. The monoisotopic (exact) mass is 326 g/mol. The van der Waals surface area contributed by atoms with Crippen molar-refractivity contribution < 1.29 is 28.5 Å². The molecule has 2 atom stereocenters. The number of carbonyl (C=O) groups is 1. The lowest BCUT2D eigenvalue weighted by molar-refractivity contribution is -0.131. The van der Waals surface area contributed by atoms with Gasteiger partial charge >= 0.3 is 5.97 Å². The highest BCUT2D eigenvalue weighted by molar-refractivity contribution is 5.69. The summed E-state index contributed by atoms with van der Waals surface area (Å²) >= 11 is 0. The van der Waals surface area contributed by atoms with Crippen LogP contribution in [0.5, 0.6) is 28.7 Å². The quantitative estimate of drug-likeness (QED) is 0.593. The Kier molecular flexibility index (Phi) is 2.71. The van der Waals surface area contributed by atoms with Crippen molar-refractivity contribution in [2.45, 2.75) is 18.9 Å². The molecule has 122 valence electrons. The largest absolute Gasteiger partial charge is 0.492 e. The molecular weight excluding hydrogens is 312 g/mol. The van der Waals surface area contributed by atoms with Crippen LogP contribution in [0.15, 0.2) is 30.3 Å². The van der Waals surface area contributed by atoms with E-state index in [2.05, 4.69) is 0 Å². The van der Waals surface area contributed by atoms with Crippen LogP contribution in [-0.4, -0.2) is 19.4 Å². The van der Waals surface area contributed by atoms with Crippen molar-refractivity contribution in [3.8, 4) is 28.7 Å². The second-order valence-corrected chi connectivity index (χ2v) is 5.99. The van der Waals surface area contributed by atoms with E-state index in [1.165, 1.54) is 6.92 Å². The fraction of sp³-hybridized carbons (Fsp3) is 0.278. The molecule has 0 unspecified atom stereocenters. The molecule has 3 aliphatic rings. The molecule has 0 amide bonds. The van der Waals surface area contributed by atoms with Crippen molar-refractivity contribution in [2.24, 2.45) is 0 Å². The topological polar surface area (TPSA) is 63.2 Å². The average molecular weight is 326 g/mol. The van der Waals surface area contributed by atoms with Gasteiger partial charge in [0.05, 0.1) is 12.5 Å². The molecule has 2 aromatic carbocycles. The van der Waals surface area contributed by atoms with Gasteiger partial charge in [-0.25, -0.2) is 0 Å².